The molecular weight excluding hydrogens is 276 g/mol. The van der Waals surface area contributed by atoms with Gasteiger partial charge in [0, 0.05) is 12.6 Å². The second kappa shape index (κ2) is 6.67. The molecule has 0 aromatic heterocycles. The minimum absolute atomic E-state index is 0.171. The average Bonchev–Trinajstić information content (AvgIpc) is 2.64. The molecule has 1 aromatic rings. The fourth-order valence-electron chi connectivity index (χ4n) is 2.62. The maximum atomic E-state index is 12.5. The van der Waals surface area contributed by atoms with Crippen LogP contribution in [0, 0.1) is 0 Å². The zero-order valence-electron chi connectivity index (χ0n) is 11.5. The number of rotatable bonds is 4. The van der Waals surface area contributed by atoms with Gasteiger partial charge in [0.25, 0.3) is 0 Å². The molecule has 1 aliphatic carbocycles. The van der Waals surface area contributed by atoms with Gasteiger partial charge in [-0.15, -0.1) is 0 Å². The minimum Gasteiger partial charge on any atom is -0.391 e. The van der Waals surface area contributed by atoms with Gasteiger partial charge in [0.1, 0.15) is 0 Å². The number of hydrogen-bond donors (Lipinski definition) is 3. The lowest BCUT2D eigenvalue weighted by Crippen LogP contribution is -2.42. The molecule has 4 N–H and O–H groups in total. The summed E-state index contributed by atoms with van der Waals surface area (Å²) in [5.41, 5.74) is 6.18. The van der Waals surface area contributed by atoms with E-state index in [0.717, 1.165) is 19.3 Å². The predicted octanol–water partition coefficient (Wildman–Crippen LogP) is 1.12. The third-order valence-electron chi connectivity index (χ3n) is 3.77. The van der Waals surface area contributed by atoms with Crippen LogP contribution in [0.2, 0.25) is 0 Å². The minimum atomic E-state index is -3.64. The summed E-state index contributed by atoms with van der Waals surface area (Å²) in [5.74, 6) is 0. The van der Waals surface area contributed by atoms with Gasteiger partial charge >= 0.3 is 0 Å². The zero-order valence-corrected chi connectivity index (χ0v) is 12.3. The quantitative estimate of drug-likeness (QED) is 0.726. The van der Waals surface area contributed by atoms with E-state index in [1.165, 1.54) is 0 Å². The first-order valence-corrected chi connectivity index (χ1v) is 8.51. The summed E-state index contributed by atoms with van der Waals surface area (Å²) < 4.78 is 27.6. The molecule has 2 atom stereocenters. The molecular formula is C14H22N2O3S. The third kappa shape index (κ3) is 3.58. The van der Waals surface area contributed by atoms with Gasteiger partial charge in [-0.1, -0.05) is 37.5 Å². The van der Waals surface area contributed by atoms with Crippen molar-refractivity contribution in [1.29, 1.82) is 0 Å². The highest BCUT2D eigenvalue weighted by Gasteiger charge is 2.27. The largest absolute Gasteiger partial charge is 0.391 e. The second-order valence-corrected chi connectivity index (χ2v) is 6.93. The van der Waals surface area contributed by atoms with Crippen LogP contribution >= 0.6 is 0 Å². The smallest absolute Gasteiger partial charge is 0.241 e. The van der Waals surface area contributed by atoms with Crippen molar-refractivity contribution in [2.45, 2.75) is 55.7 Å². The molecule has 6 heteroatoms. The van der Waals surface area contributed by atoms with Crippen LogP contribution in [0.25, 0.3) is 0 Å². The van der Waals surface area contributed by atoms with E-state index >= 15 is 0 Å². The van der Waals surface area contributed by atoms with Gasteiger partial charge < -0.3 is 10.8 Å². The van der Waals surface area contributed by atoms with Gasteiger partial charge in [-0.3, -0.25) is 0 Å². The summed E-state index contributed by atoms with van der Waals surface area (Å²) in [7, 11) is -3.64. The zero-order chi connectivity index (χ0) is 14.6. The van der Waals surface area contributed by atoms with Crippen molar-refractivity contribution < 1.29 is 13.5 Å². The van der Waals surface area contributed by atoms with Crippen molar-refractivity contribution >= 4 is 10.0 Å². The van der Waals surface area contributed by atoms with E-state index < -0.39 is 22.2 Å². The standard InChI is InChI=1S/C14H22N2O3S/c15-10-11-6-4-5-9-14(11)20(18,19)16-12-7-2-1-3-8-13(12)17/h4-6,9,12-13,16-17H,1-3,7-8,10,15H2. The molecule has 1 aliphatic rings. The Bertz CT molecular complexity index is 545. The van der Waals surface area contributed by atoms with Crippen LogP contribution in [-0.2, 0) is 16.6 Å². The monoisotopic (exact) mass is 298 g/mol. The molecule has 20 heavy (non-hydrogen) atoms. The maximum Gasteiger partial charge on any atom is 0.241 e. The Labute approximate surface area is 120 Å². The van der Waals surface area contributed by atoms with Gasteiger partial charge in [-0.25, -0.2) is 13.1 Å². The molecule has 0 radical (unpaired) electrons. The van der Waals surface area contributed by atoms with Crippen LogP contribution in [-0.4, -0.2) is 25.7 Å². The van der Waals surface area contributed by atoms with Crippen molar-refractivity contribution in [3.8, 4) is 0 Å². The number of nitrogens with two attached hydrogens (primary N) is 1. The molecule has 0 spiro atoms. The van der Waals surface area contributed by atoms with E-state index in [4.69, 9.17) is 5.73 Å². The Kier molecular flexibility index (Phi) is 5.15. The number of nitrogens with one attached hydrogen (secondary N) is 1. The first kappa shape index (κ1) is 15.4. The van der Waals surface area contributed by atoms with Gasteiger partial charge in [0.05, 0.1) is 11.0 Å². The number of hydrogen-bond acceptors (Lipinski definition) is 4. The first-order valence-electron chi connectivity index (χ1n) is 7.03. The first-order chi connectivity index (χ1) is 9.54. The lowest BCUT2D eigenvalue weighted by molar-refractivity contribution is 0.130. The molecule has 1 saturated carbocycles. The topological polar surface area (TPSA) is 92.4 Å². The highest BCUT2D eigenvalue weighted by molar-refractivity contribution is 7.89. The molecule has 2 unspecified atom stereocenters. The molecule has 5 nitrogen and oxygen atoms in total. The summed E-state index contributed by atoms with van der Waals surface area (Å²) in [6, 6.07) is 6.29. The molecule has 2 rings (SSSR count). The van der Waals surface area contributed by atoms with Crippen LogP contribution in [0.5, 0.6) is 0 Å². The summed E-state index contributed by atoms with van der Waals surface area (Å²) in [4.78, 5) is 0.207. The fraction of sp³-hybridized carbons (Fsp3) is 0.571. The summed E-state index contributed by atoms with van der Waals surface area (Å²) >= 11 is 0. The Balaban J connectivity index is 2.22. The normalized spacial score (nSPS) is 24.3. The molecule has 0 aliphatic heterocycles. The Morgan fingerprint density at radius 3 is 2.65 bits per heavy atom. The number of benzene rings is 1. The van der Waals surface area contributed by atoms with E-state index in [0.29, 0.717) is 18.4 Å². The van der Waals surface area contributed by atoms with Crippen molar-refractivity contribution in [2.24, 2.45) is 5.73 Å². The van der Waals surface area contributed by atoms with Gasteiger partial charge in [-0.05, 0) is 24.5 Å². The lowest BCUT2D eigenvalue weighted by atomic mass is 10.1. The molecule has 112 valence electrons. The highest BCUT2D eigenvalue weighted by atomic mass is 32.2. The van der Waals surface area contributed by atoms with Crippen molar-refractivity contribution in [3.05, 3.63) is 29.8 Å². The van der Waals surface area contributed by atoms with Gasteiger partial charge in [-0.2, -0.15) is 0 Å². The average molecular weight is 298 g/mol. The van der Waals surface area contributed by atoms with E-state index in [9.17, 15) is 13.5 Å². The van der Waals surface area contributed by atoms with Gasteiger partial charge in [0.2, 0.25) is 10.0 Å². The lowest BCUT2D eigenvalue weighted by Gasteiger charge is -2.22. The van der Waals surface area contributed by atoms with Crippen LogP contribution in [0.4, 0.5) is 0 Å². The van der Waals surface area contributed by atoms with Crippen molar-refractivity contribution in [1.82, 2.24) is 4.72 Å². The van der Waals surface area contributed by atoms with Crippen molar-refractivity contribution in [2.75, 3.05) is 0 Å². The molecule has 0 saturated heterocycles. The van der Waals surface area contributed by atoms with Crippen molar-refractivity contribution in [3.63, 3.8) is 0 Å². The van der Waals surface area contributed by atoms with Crippen LogP contribution in [0.1, 0.15) is 37.7 Å². The van der Waals surface area contributed by atoms with Crippen LogP contribution in [0.15, 0.2) is 29.2 Å². The maximum absolute atomic E-state index is 12.5. The molecule has 0 amide bonds. The van der Waals surface area contributed by atoms with Crippen LogP contribution in [0.3, 0.4) is 0 Å². The Morgan fingerprint density at radius 2 is 1.90 bits per heavy atom. The third-order valence-corrected chi connectivity index (χ3v) is 5.36. The second-order valence-electron chi connectivity index (χ2n) is 5.24. The summed E-state index contributed by atoms with van der Waals surface area (Å²) in [6.07, 6.45) is 3.62. The van der Waals surface area contributed by atoms with E-state index in [-0.39, 0.29) is 11.4 Å². The van der Waals surface area contributed by atoms with E-state index in [1.54, 1.807) is 24.3 Å². The Morgan fingerprint density at radius 1 is 1.20 bits per heavy atom. The molecule has 0 heterocycles. The molecule has 1 aromatic carbocycles. The number of aliphatic hydroxyl groups is 1. The van der Waals surface area contributed by atoms with E-state index in [2.05, 4.69) is 4.72 Å². The summed E-state index contributed by atoms with van der Waals surface area (Å²) in [6.45, 7) is 0.171. The fourth-order valence-corrected chi connectivity index (χ4v) is 4.18. The van der Waals surface area contributed by atoms with Gasteiger partial charge in [0.15, 0.2) is 0 Å². The van der Waals surface area contributed by atoms with E-state index in [1.807, 2.05) is 0 Å². The number of sulfonamides is 1. The Hall–Kier alpha value is -0.950. The molecule has 0 bridgehead atoms. The summed E-state index contributed by atoms with van der Waals surface area (Å²) in [5, 5.41) is 10.0. The highest BCUT2D eigenvalue weighted by Crippen LogP contribution is 2.21. The predicted molar refractivity (Wildman–Crippen MR) is 77.5 cm³/mol. The number of aliphatic hydroxyl groups excluding tert-OH is 1. The molecule has 1 fully saturated rings. The SMILES string of the molecule is NCc1ccccc1S(=O)(=O)NC1CCCCCC1O. The van der Waals surface area contributed by atoms with Crippen LogP contribution < -0.4 is 10.5 Å².